The number of hydrogen-bond donors (Lipinski definition) is 3. The van der Waals surface area contributed by atoms with Crippen molar-refractivity contribution in [1.29, 1.82) is 0 Å². The van der Waals surface area contributed by atoms with E-state index in [1.165, 1.54) is 30.3 Å². The lowest BCUT2D eigenvalue weighted by Gasteiger charge is -2.30. The molecule has 0 saturated heterocycles. The molecule has 0 aliphatic rings. The topological polar surface area (TPSA) is 120 Å². The van der Waals surface area contributed by atoms with Crippen LogP contribution in [-0.4, -0.2) is 82.9 Å². The molecule has 4 aromatic rings. The van der Waals surface area contributed by atoms with Gasteiger partial charge in [0.25, 0.3) is 5.91 Å². The van der Waals surface area contributed by atoms with E-state index in [1.54, 1.807) is 19.2 Å². The maximum atomic E-state index is 13.8. The van der Waals surface area contributed by atoms with Gasteiger partial charge in [-0.1, -0.05) is 6.07 Å². The predicted molar refractivity (Wildman–Crippen MR) is 164 cm³/mol. The standard InChI is InChI=1S/C30H37FN6O4S/c1-19(18-41-6)32-28-15-22(37(5)20(2)17-36(3)4)10-12-25(28)30(38)33-29-26-16-24(11-13-27(26)34-35-29)42(39,40)23-9-7-8-21(31)14-23/h7-16,19-20,32H,17-18H2,1-6H3,(H2,33,34,35,38)/t19-,20?/m0/s1. The van der Waals surface area contributed by atoms with Gasteiger partial charge in [-0.15, -0.1) is 0 Å². The number of sulfone groups is 1. The number of likely N-dealkylation sites (N-methyl/N-ethyl adjacent to an activating group) is 2. The van der Waals surface area contributed by atoms with Crippen LogP contribution in [0.5, 0.6) is 0 Å². The lowest BCUT2D eigenvalue weighted by molar-refractivity contribution is 0.102. The molecule has 0 aliphatic heterocycles. The summed E-state index contributed by atoms with van der Waals surface area (Å²) in [5.41, 5.74) is 2.47. The molecule has 3 N–H and O–H groups in total. The number of nitrogens with one attached hydrogen (secondary N) is 3. The molecule has 1 unspecified atom stereocenters. The van der Waals surface area contributed by atoms with Gasteiger partial charge in [0.2, 0.25) is 9.84 Å². The van der Waals surface area contributed by atoms with E-state index in [4.69, 9.17) is 4.74 Å². The third kappa shape index (κ3) is 6.89. The first-order valence-corrected chi connectivity index (χ1v) is 15.0. The molecule has 0 bridgehead atoms. The lowest BCUT2D eigenvalue weighted by Crippen LogP contribution is -2.37. The summed E-state index contributed by atoms with van der Waals surface area (Å²) in [7, 11) is 3.67. The van der Waals surface area contributed by atoms with Crippen molar-refractivity contribution in [2.75, 3.05) is 56.9 Å². The minimum atomic E-state index is -4.01. The van der Waals surface area contributed by atoms with E-state index in [9.17, 15) is 17.6 Å². The number of ether oxygens (including phenoxy) is 1. The van der Waals surface area contributed by atoms with Gasteiger partial charge in [0, 0.05) is 49.5 Å². The van der Waals surface area contributed by atoms with Crippen LogP contribution in [0.4, 0.5) is 21.6 Å². The van der Waals surface area contributed by atoms with Crippen molar-refractivity contribution in [3.05, 3.63) is 72.0 Å². The molecule has 224 valence electrons. The highest BCUT2D eigenvalue weighted by Gasteiger charge is 2.22. The number of hydrogen-bond acceptors (Lipinski definition) is 8. The average molecular weight is 597 g/mol. The first-order valence-electron chi connectivity index (χ1n) is 13.5. The molecular formula is C30H37FN6O4S. The van der Waals surface area contributed by atoms with Gasteiger partial charge >= 0.3 is 0 Å². The second-order valence-corrected chi connectivity index (χ2v) is 12.6. The van der Waals surface area contributed by atoms with Gasteiger partial charge in [-0.2, -0.15) is 5.10 Å². The van der Waals surface area contributed by atoms with Crippen molar-refractivity contribution in [2.45, 2.75) is 35.7 Å². The highest BCUT2D eigenvalue weighted by atomic mass is 32.2. The normalized spacial score (nSPS) is 13.2. The minimum absolute atomic E-state index is 0.0486. The highest BCUT2D eigenvalue weighted by Crippen LogP contribution is 2.30. The summed E-state index contributed by atoms with van der Waals surface area (Å²) < 4.78 is 45.4. The molecule has 0 radical (unpaired) electrons. The third-order valence-corrected chi connectivity index (χ3v) is 8.70. The molecule has 4 rings (SSSR count). The van der Waals surface area contributed by atoms with Crippen LogP contribution in [0.25, 0.3) is 10.9 Å². The number of rotatable bonds is 12. The second-order valence-electron chi connectivity index (χ2n) is 10.6. The van der Waals surface area contributed by atoms with Crippen LogP contribution >= 0.6 is 0 Å². The van der Waals surface area contributed by atoms with E-state index in [2.05, 4.69) is 37.6 Å². The number of aromatic nitrogens is 2. The number of anilines is 3. The Morgan fingerprint density at radius 2 is 1.79 bits per heavy atom. The summed E-state index contributed by atoms with van der Waals surface area (Å²) in [6.07, 6.45) is 0. The van der Waals surface area contributed by atoms with Crippen molar-refractivity contribution < 1.29 is 22.3 Å². The van der Waals surface area contributed by atoms with Crippen molar-refractivity contribution in [3.63, 3.8) is 0 Å². The van der Waals surface area contributed by atoms with Crippen LogP contribution in [0.1, 0.15) is 24.2 Å². The first kappa shape index (κ1) is 30.9. The van der Waals surface area contributed by atoms with Crippen molar-refractivity contribution in [1.82, 2.24) is 15.1 Å². The van der Waals surface area contributed by atoms with E-state index < -0.39 is 21.6 Å². The Kier molecular flexibility index (Phi) is 9.50. The van der Waals surface area contributed by atoms with Crippen LogP contribution < -0.4 is 15.5 Å². The number of carbonyl (C=O) groups excluding carboxylic acids is 1. The summed E-state index contributed by atoms with van der Waals surface area (Å²) in [4.78, 5) is 17.7. The van der Waals surface area contributed by atoms with Crippen LogP contribution in [0.2, 0.25) is 0 Å². The summed E-state index contributed by atoms with van der Waals surface area (Å²) in [6, 6.07) is 14.9. The monoisotopic (exact) mass is 596 g/mol. The number of methoxy groups -OCH3 is 1. The fourth-order valence-corrected chi connectivity index (χ4v) is 6.05. The molecule has 0 fully saturated rings. The van der Waals surface area contributed by atoms with Crippen molar-refractivity contribution >= 4 is 43.8 Å². The lowest BCUT2D eigenvalue weighted by atomic mass is 10.1. The van der Waals surface area contributed by atoms with Gasteiger partial charge in [0.1, 0.15) is 5.82 Å². The van der Waals surface area contributed by atoms with Crippen LogP contribution in [0.15, 0.2) is 70.5 Å². The van der Waals surface area contributed by atoms with Gasteiger partial charge in [-0.05, 0) is 82.5 Å². The van der Waals surface area contributed by atoms with E-state index in [0.717, 1.165) is 18.3 Å². The van der Waals surface area contributed by atoms with Crippen molar-refractivity contribution in [3.8, 4) is 0 Å². The Labute approximate surface area is 245 Å². The summed E-state index contributed by atoms with van der Waals surface area (Å²) in [5.74, 6) is -0.908. The first-order chi connectivity index (χ1) is 19.9. The number of nitrogens with zero attached hydrogens (tertiary/aromatic N) is 3. The number of fused-ring (bicyclic) bond motifs is 1. The summed E-state index contributed by atoms with van der Waals surface area (Å²) in [5, 5.41) is 13.6. The molecule has 2 atom stereocenters. The van der Waals surface area contributed by atoms with Gasteiger partial charge < -0.3 is 25.2 Å². The van der Waals surface area contributed by atoms with E-state index in [1.807, 2.05) is 40.2 Å². The second kappa shape index (κ2) is 12.9. The highest BCUT2D eigenvalue weighted by molar-refractivity contribution is 7.91. The molecule has 3 aromatic carbocycles. The Balaban J connectivity index is 1.66. The number of H-pyrrole nitrogens is 1. The number of aromatic amines is 1. The van der Waals surface area contributed by atoms with Crippen LogP contribution in [0, 0.1) is 5.82 Å². The number of benzene rings is 3. The zero-order chi connectivity index (χ0) is 30.6. The molecule has 42 heavy (non-hydrogen) atoms. The molecule has 1 heterocycles. The Bertz CT molecular complexity index is 1670. The van der Waals surface area contributed by atoms with E-state index in [-0.39, 0.29) is 27.7 Å². The van der Waals surface area contributed by atoms with Gasteiger partial charge in [0.15, 0.2) is 5.82 Å². The quantitative estimate of drug-likeness (QED) is 0.217. The molecule has 0 saturated carbocycles. The SMILES string of the molecule is COC[C@H](C)Nc1cc(N(C)C(C)CN(C)C)ccc1C(=O)Nc1n[nH]c2ccc(S(=O)(=O)c3cccc(F)c3)cc12. The molecule has 1 aromatic heterocycles. The predicted octanol–water partition coefficient (Wildman–Crippen LogP) is 4.62. The fourth-order valence-electron chi connectivity index (χ4n) is 4.73. The van der Waals surface area contributed by atoms with Gasteiger partial charge in [-0.3, -0.25) is 9.89 Å². The number of amides is 1. The maximum absolute atomic E-state index is 13.8. The molecule has 1 amide bonds. The molecular weight excluding hydrogens is 559 g/mol. The maximum Gasteiger partial charge on any atom is 0.258 e. The van der Waals surface area contributed by atoms with E-state index in [0.29, 0.717) is 28.8 Å². The number of halogens is 1. The van der Waals surface area contributed by atoms with Gasteiger partial charge in [0.05, 0.1) is 27.5 Å². The molecule has 10 nitrogen and oxygen atoms in total. The Hall–Kier alpha value is -4.00. The third-order valence-electron chi connectivity index (χ3n) is 6.95. The largest absolute Gasteiger partial charge is 0.383 e. The molecule has 12 heteroatoms. The summed E-state index contributed by atoms with van der Waals surface area (Å²) in [6.45, 7) is 5.38. The van der Waals surface area contributed by atoms with Crippen molar-refractivity contribution in [2.24, 2.45) is 0 Å². The average Bonchev–Trinajstić information content (AvgIpc) is 3.34. The molecule has 0 spiro atoms. The molecule has 0 aliphatic carbocycles. The Morgan fingerprint density at radius 3 is 2.48 bits per heavy atom. The Morgan fingerprint density at radius 1 is 1.05 bits per heavy atom. The van der Waals surface area contributed by atoms with Crippen LogP contribution in [0.3, 0.4) is 0 Å². The number of carbonyl (C=O) groups is 1. The summed E-state index contributed by atoms with van der Waals surface area (Å²) >= 11 is 0. The smallest absolute Gasteiger partial charge is 0.258 e. The van der Waals surface area contributed by atoms with Gasteiger partial charge in [-0.25, -0.2) is 12.8 Å². The minimum Gasteiger partial charge on any atom is -0.383 e. The zero-order valence-electron chi connectivity index (χ0n) is 24.6. The van der Waals surface area contributed by atoms with E-state index >= 15 is 0 Å². The van der Waals surface area contributed by atoms with Crippen LogP contribution in [-0.2, 0) is 14.6 Å². The zero-order valence-corrected chi connectivity index (χ0v) is 25.4. The fraction of sp³-hybridized carbons (Fsp3) is 0.333.